The van der Waals surface area contributed by atoms with Crippen molar-refractivity contribution < 1.29 is 9.90 Å². The first kappa shape index (κ1) is 14.3. The molecule has 0 radical (unpaired) electrons. The van der Waals surface area contributed by atoms with Gasteiger partial charge in [-0.1, -0.05) is 12.8 Å². The van der Waals surface area contributed by atoms with Gasteiger partial charge in [0.2, 0.25) is 0 Å². The van der Waals surface area contributed by atoms with Crippen molar-refractivity contribution in [2.45, 2.75) is 51.1 Å². The Hall–Kier alpha value is -1.62. The highest BCUT2D eigenvalue weighted by Gasteiger charge is 2.26. The van der Waals surface area contributed by atoms with E-state index in [2.05, 4.69) is 11.9 Å². The van der Waals surface area contributed by atoms with Gasteiger partial charge in [-0.15, -0.1) is 0 Å². The molecule has 2 aliphatic rings. The van der Waals surface area contributed by atoms with Crippen molar-refractivity contribution in [1.82, 2.24) is 9.47 Å². The van der Waals surface area contributed by atoms with Crippen LogP contribution >= 0.6 is 0 Å². The molecule has 0 spiro atoms. The van der Waals surface area contributed by atoms with Crippen molar-refractivity contribution in [1.29, 1.82) is 0 Å². The fourth-order valence-corrected chi connectivity index (χ4v) is 3.71. The molecule has 1 saturated carbocycles. The van der Waals surface area contributed by atoms with Gasteiger partial charge in [0.25, 0.3) is 5.56 Å². The van der Waals surface area contributed by atoms with E-state index in [4.69, 9.17) is 5.11 Å². The van der Waals surface area contributed by atoms with E-state index in [0.29, 0.717) is 5.56 Å². The molecule has 0 aromatic carbocycles. The van der Waals surface area contributed by atoms with Crippen LogP contribution in [-0.4, -0.2) is 34.1 Å². The molecule has 5 heteroatoms. The number of hydrogen-bond donors (Lipinski definition) is 1. The van der Waals surface area contributed by atoms with Crippen molar-refractivity contribution >= 4 is 5.97 Å². The van der Waals surface area contributed by atoms with E-state index in [9.17, 15) is 9.59 Å². The van der Waals surface area contributed by atoms with E-state index in [1.54, 1.807) is 0 Å². The molecule has 1 fully saturated rings. The Morgan fingerprint density at radius 2 is 2.10 bits per heavy atom. The summed E-state index contributed by atoms with van der Waals surface area (Å²) in [6, 6.07) is 2.09. The topological polar surface area (TPSA) is 62.5 Å². The second-order valence-electron chi connectivity index (χ2n) is 6.31. The van der Waals surface area contributed by atoms with Crippen LogP contribution in [0.3, 0.4) is 0 Å². The normalized spacial score (nSPS) is 19.7. The van der Waals surface area contributed by atoms with Gasteiger partial charge in [-0.25, -0.2) is 0 Å². The number of rotatable bonds is 3. The van der Waals surface area contributed by atoms with Gasteiger partial charge in [0, 0.05) is 36.8 Å². The number of aliphatic carboxylic acids is 1. The zero-order valence-electron chi connectivity index (χ0n) is 12.5. The quantitative estimate of drug-likeness (QED) is 0.918. The van der Waals surface area contributed by atoms with Gasteiger partial charge >= 0.3 is 5.97 Å². The van der Waals surface area contributed by atoms with Crippen LogP contribution in [0.2, 0.25) is 0 Å². The highest BCUT2D eigenvalue weighted by Crippen LogP contribution is 2.31. The lowest BCUT2D eigenvalue weighted by atomic mass is 10.0. The molecule has 3 rings (SSSR count). The summed E-state index contributed by atoms with van der Waals surface area (Å²) in [6.07, 6.45) is 5.11. The summed E-state index contributed by atoms with van der Waals surface area (Å²) in [7, 11) is 2.06. The molecule has 5 nitrogen and oxygen atoms in total. The van der Waals surface area contributed by atoms with E-state index in [1.807, 2.05) is 10.6 Å². The number of carboxylic acids is 1. The number of carbonyl (C=O) groups is 1. The van der Waals surface area contributed by atoms with Crippen LogP contribution in [0.1, 0.15) is 48.5 Å². The van der Waals surface area contributed by atoms with Crippen molar-refractivity contribution in [2.24, 2.45) is 0 Å². The number of likely N-dealkylation sites (N-methyl/N-ethyl adjacent to an activating group) is 1. The standard InChI is InChI=1S/C16H22N2O3/c1-17-7-6-14-12(10-17)8-11(9-15(19)20)16(21)18(14)13-4-2-3-5-13/h8,13H,2-7,9-10H2,1H3,(H,19,20). The molecule has 1 aliphatic heterocycles. The zero-order valence-corrected chi connectivity index (χ0v) is 12.5. The Morgan fingerprint density at radius 3 is 2.76 bits per heavy atom. The van der Waals surface area contributed by atoms with Crippen molar-refractivity contribution in [3.05, 3.63) is 33.2 Å². The molecule has 0 saturated heterocycles. The fourth-order valence-electron chi connectivity index (χ4n) is 3.71. The number of carboxylic acid groups (broad SMARTS) is 1. The average Bonchev–Trinajstić information content (AvgIpc) is 2.93. The Labute approximate surface area is 124 Å². The van der Waals surface area contributed by atoms with Gasteiger partial charge in [0.15, 0.2) is 0 Å². The van der Waals surface area contributed by atoms with Crippen LogP contribution in [0.4, 0.5) is 0 Å². The van der Waals surface area contributed by atoms with Crippen LogP contribution < -0.4 is 5.56 Å². The Balaban J connectivity index is 2.12. The minimum absolute atomic E-state index is 0.0763. The summed E-state index contributed by atoms with van der Waals surface area (Å²) in [5.74, 6) is -0.936. The predicted molar refractivity (Wildman–Crippen MR) is 79.6 cm³/mol. The highest BCUT2D eigenvalue weighted by atomic mass is 16.4. The maximum atomic E-state index is 12.7. The van der Waals surface area contributed by atoms with Gasteiger partial charge in [-0.05, 0) is 31.5 Å². The highest BCUT2D eigenvalue weighted by molar-refractivity contribution is 5.70. The van der Waals surface area contributed by atoms with Gasteiger partial charge in [0.1, 0.15) is 0 Å². The SMILES string of the molecule is CN1CCc2c(cc(CC(=O)O)c(=O)n2C2CCCC2)C1. The van der Waals surface area contributed by atoms with Crippen LogP contribution in [-0.2, 0) is 24.2 Å². The van der Waals surface area contributed by atoms with Crippen LogP contribution in [0.25, 0.3) is 0 Å². The third-order valence-electron chi connectivity index (χ3n) is 4.71. The van der Waals surface area contributed by atoms with Gasteiger partial charge < -0.3 is 14.6 Å². The van der Waals surface area contributed by atoms with Gasteiger partial charge in [-0.3, -0.25) is 9.59 Å². The summed E-state index contributed by atoms with van der Waals surface area (Å²) in [6.45, 7) is 1.76. The lowest BCUT2D eigenvalue weighted by molar-refractivity contribution is -0.136. The Morgan fingerprint density at radius 1 is 1.38 bits per heavy atom. The first-order valence-corrected chi connectivity index (χ1v) is 7.72. The number of aromatic nitrogens is 1. The van der Waals surface area contributed by atoms with Crippen LogP contribution in [0.5, 0.6) is 0 Å². The molecule has 0 unspecified atom stereocenters. The summed E-state index contributed by atoms with van der Waals surface area (Å²) >= 11 is 0. The van der Waals surface area contributed by atoms with Crippen molar-refractivity contribution in [2.75, 3.05) is 13.6 Å². The predicted octanol–water partition coefficient (Wildman–Crippen LogP) is 1.58. The van der Waals surface area contributed by atoms with Crippen molar-refractivity contribution in [3.63, 3.8) is 0 Å². The number of hydrogen-bond acceptors (Lipinski definition) is 3. The lowest BCUT2D eigenvalue weighted by Gasteiger charge is -2.30. The summed E-state index contributed by atoms with van der Waals surface area (Å²) in [5.41, 5.74) is 2.63. The molecule has 0 bridgehead atoms. The zero-order chi connectivity index (χ0) is 15.0. The number of fused-ring (bicyclic) bond motifs is 1. The Bertz CT molecular complexity index is 615. The second-order valence-corrected chi connectivity index (χ2v) is 6.31. The number of pyridine rings is 1. The maximum absolute atomic E-state index is 12.7. The second kappa shape index (κ2) is 5.64. The monoisotopic (exact) mass is 290 g/mol. The van der Waals surface area contributed by atoms with Crippen LogP contribution in [0, 0.1) is 0 Å². The maximum Gasteiger partial charge on any atom is 0.308 e. The molecule has 1 aromatic heterocycles. The van der Waals surface area contributed by atoms with Crippen molar-refractivity contribution in [3.8, 4) is 0 Å². The summed E-state index contributed by atoms with van der Waals surface area (Å²) < 4.78 is 1.94. The molecule has 1 N–H and O–H groups in total. The third-order valence-corrected chi connectivity index (χ3v) is 4.71. The molecule has 2 heterocycles. The largest absolute Gasteiger partial charge is 0.481 e. The first-order chi connectivity index (χ1) is 10.1. The lowest BCUT2D eigenvalue weighted by Crippen LogP contribution is -2.37. The summed E-state index contributed by atoms with van der Waals surface area (Å²) in [5, 5.41) is 9.05. The Kier molecular flexibility index (Phi) is 3.85. The summed E-state index contributed by atoms with van der Waals surface area (Å²) in [4.78, 5) is 26.0. The molecule has 1 aliphatic carbocycles. The third kappa shape index (κ3) is 2.75. The molecule has 0 amide bonds. The average molecular weight is 290 g/mol. The minimum atomic E-state index is -0.936. The fraction of sp³-hybridized carbons (Fsp3) is 0.625. The van der Waals surface area contributed by atoms with E-state index in [1.165, 1.54) is 0 Å². The van der Waals surface area contributed by atoms with Gasteiger partial charge in [0.05, 0.1) is 6.42 Å². The molecular weight excluding hydrogens is 268 g/mol. The molecule has 0 atom stereocenters. The van der Waals surface area contributed by atoms with Gasteiger partial charge in [-0.2, -0.15) is 0 Å². The molecule has 1 aromatic rings. The molecule has 21 heavy (non-hydrogen) atoms. The molecular formula is C16H22N2O3. The smallest absolute Gasteiger partial charge is 0.308 e. The minimum Gasteiger partial charge on any atom is -0.481 e. The first-order valence-electron chi connectivity index (χ1n) is 7.72. The van der Waals surface area contributed by atoms with E-state index in [0.717, 1.165) is 56.5 Å². The van der Waals surface area contributed by atoms with E-state index in [-0.39, 0.29) is 18.0 Å². The van der Waals surface area contributed by atoms with Crippen LogP contribution in [0.15, 0.2) is 10.9 Å². The number of nitrogens with zero attached hydrogens (tertiary/aromatic N) is 2. The van der Waals surface area contributed by atoms with E-state index >= 15 is 0 Å². The van der Waals surface area contributed by atoms with E-state index < -0.39 is 5.97 Å². The molecule has 114 valence electrons.